The van der Waals surface area contributed by atoms with Gasteiger partial charge in [-0.05, 0) is 12.1 Å². The van der Waals surface area contributed by atoms with Crippen molar-refractivity contribution in [2.24, 2.45) is 0 Å². The van der Waals surface area contributed by atoms with Crippen LogP contribution in [0.3, 0.4) is 0 Å². The number of rotatable bonds is 4. The molecule has 0 radical (unpaired) electrons. The summed E-state index contributed by atoms with van der Waals surface area (Å²) in [4.78, 5) is 21.7. The molecule has 1 aliphatic rings. The second kappa shape index (κ2) is 8.19. The van der Waals surface area contributed by atoms with E-state index < -0.39 is 23.0 Å². The van der Waals surface area contributed by atoms with Crippen molar-refractivity contribution in [3.05, 3.63) is 35.1 Å². The van der Waals surface area contributed by atoms with Gasteiger partial charge in [-0.15, -0.1) is 0 Å². The Bertz CT molecular complexity index is 904. The van der Waals surface area contributed by atoms with E-state index in [0.29, 0.717) is 43.8 Å². The van der Waals surface area contributed by atoms with Crippen molar-refractivity contribution in [1.82, 2.24) is 14.9 Å². The standard InChI is InChI=1S/C17H17ClF3N5O3/c1-29-13-8-10(25-4-6-26(7-5-25)16(27)28)2-3-12(13)23-15-22-9-11(14(18)24-15)17(19,20)21/h2-3,8-9H,4-7H2,1H3,(H,27,28)(H,22,23,24). The second-order valence-corrected chi connectivity index (χ2v) is 6.52. The van der Waals surface area contributed by atoms with Gasteiger partial charge in [0, 0.05) is 44.1 Å². The first-order valence-corrected chi connectivity index (χ1v) is 8.84. The zero-order chi connectivity index (χ0) is 21.2. The Morgan fingerprint density at radius 3 is 2.52 bits per heavy atom. The van der Waals surface area contributed by atoms with Crippen molar-refractivity contribution in [3.63, 3.8) is 0 Å². The minimum Gasteiger partial charge on any atom is -0.494 e. The molecule has 3 rings (SSSR count). The highest BCUT2D eigenvalue weighted by atomic mass is 35.5. The summed E-state index contributed by atoms with van der Waals surface area (Å²) in [5.41, 5.74) is 0.146. The molecule has 2 heterocycles. The number of carboxylic acid groups (broad SMARTS) is 1. The molecule has 0 atom stereocenters. The maximum atomic E-state index is 12.8. The van der Waals surface area contributed by atoms with E-state index in [2.05, 4.69) is 15.3 Å². The number of hydrogen-bond acceptors (Lipinski definition) is 6. The Kier molecular flexibility index (Phi) is 5.87. The van der Waals surface area contributed by atoms with Gasteiger partial charge in [-0.1, -0.05) is 11.6 Å². The number of alkyl halides is 3. The van der Waals surface area contributed by atoms with Gasteiger partial charge in [0.2, 0.25) is 5.95 Å². The van der Waals surface area contributed by atoms with Gasteiger partial charge in [0.15, 0.2) is 0 Å². The predicted octanol–water partition coefficient (Wildman–Crippen LogP) is 3.70. The van der Waals surface area contributed by atoms with Gasteiger partial charge < -0.3 is 25.0 Å². The van der Waals surface area contributed by atoms with Gasteiger partial charge >= 0.3 is 12.3 Å². The number of methoxy groups -OCH3 is 1. The smallest absolute Gasteiger partial charge is 0.420 e. The molecule has 1 aromatic carbocycles. The second-order valence-electron chi connectivity index (χ2n) is 6.16. The molecule has 1 aliphatic heterocycles. The number of ether oxygens (including phenoxy) is 1. The maximum Gasteiger partial charge on any atom is 0.420 e. The fraction of sp³-hybridized carbons (Fsp3) is 0.353. The number of amides is 1. The molecule has 8 nitrogen and oxygen atoms in total. The third-order valence-corrected chi connectivity index (χ3v) is 4.68. The normalized spacial score (nSPS) is 14.7. The Morgan fingerprint density at radius 2 is 1.97 bits per heavy atom. The van der Waals surface area contributed by atoms with Crippen molar-refractivity contribution in [1.29, 1.82) is 0 Å². The summed E-state index contributed by atoms with van der Waals surface area (Å²) in [6, 6.07) is 5.20. The van der Waals surface area contributed by atoms with Gasteiger partial charge in [-0.3, -0.25) is 0 Å². The molecule has 2 aromatic rings. The molecule has 156 valence electrons. The summed E-state index contributed by atoms with van der Waals surface area (Å²) in [6.07, 6.45) is -4.97. The fourth-order valence-electron chi connectivity index (χ4n) is 2.87. The molecule has 1 fully saturated rings. The van der Waals surface area contributed by atoms with Crippen LogP contribution in [-0.2, 0) is 6.18 Å². The van der Waals surface area contributed by atoms with E-state index in [1.54, 1.807) is 18.2 Å². The molecule has 1 aromatic heterocycles. The number of piperazine rings is 1. The van der Waals surface area contributed by atoms with Crippen LogP contribution in [0.25, 0.3) is 0 Å². The van der Waals surface area contributed by atoms with E-state index in [1.807, 2.05) is 4.90 Å². The lowest BCUT2D eigenvalue weighted by Gasteiger charge is -2.34. The highest BCUT2D eigenvalue weighted by molar-refractivity contribution is 6.30. The topological polar surface area (TPSA) is 90.8 Å². The summed E-state index contributed by atoms with van der Waals surface area (Å²) < 4.78 is 43.7. The van der Waals surface area contributed by atoms with E-state index in [9.17, 15) is 18.0 Å². The molecule has 1 saturated heterocycles. The summed E-state index contributed by atoms with van der Waals surface area (Å²) in [6.45, 7) is 1.82. The van der Waals surface area contributed by atoms with Crippen LogP contribution < -0.4 is 15.0 Å². The average Bonchev–Trinajstić information content (AvgIpc) is 2.67. The SMILES string of the molecule is COc1cc(N2CCN(C(=O)O)CC2)ccc1Nc1ncc(C(F)(F)F)c(Cl)n1. The first-order chi connectivity index (χ1) is 13.7. The lowest BCUT2D eigenvalue weighted by Crippen LogP contribution is -2.48. The molecule has 1 amide bonds. The minimum atomic E-state index is -4.64. The van der Waals surface area contributed by atoms with Crippen molar-refractivity contribution in [2.45, 2.75) is 6.18 Å². The first-order valence-electron chi connectivity index (χ1n) is 8.46. The molecule has 0 spiro atoms. The van der Waals surface area contributed by atoms with Gasteiger partial charge in [0.05, 0.1) is 12.8 Å². The largest absolute Gasteiger partial charge is 0.494 e. The third-order valence-electron chi connectivity index (χ3n) is 4.39. The minimum absolute atomic E-state index is 0.107. The van der Waals surface area contributed by atoms with Crippen LogP contribution in [0.15, 0.2) is 24.4 Å². The number of aromatic nitrogens is 2. The Morgan fingerprint density at radius 1 is 1.28 bits per heavy atom. The maximum absolute atomic E-state index is 12.8. The van der Waals surface area contributed by atoms with Crippen LogP contribution in [0, 0.1) is 0 Å². The van der Waals surface area contributed by atoms with E-state index in [0.717, 1.165) is 5.69 Å². The Balaban J connectivity index is 1.76. The highest BCUT2D eigenvalue weighted by Gasteiger charge is 2.34. The van der Waals surface area contributed by atoms with Crippen molar-refractivity contribution in [3.8, 4) is 5.75 Å². The van der Waals surface area contributed by atoms with Crippen LogP contribution in [-0.4, -0.2) is 59.4 Å². The van der Waals surface area contributed by atoms with Crippen LogP contribution >= 0.6 is 11.6 Å². The molecule has 29 heavy (non-hydrogen) atoms. The van der Waals surface area contributed by atoms with Crippen molar-refractivity contribution < 1.29 is 27.8 Å². The summed E-state index contributed by atoms with van der Waals surface area (Å²) >= 11 is 5.62. The molecular formula is C17H17ClF3N5O3. The lowest BCUT2D eigenvalue weighted by atomic mass is 10.2. The van der Waals surface area contributed by atoms with E-state index in [-0.39, 0.29) is 5.95 Å². The van der Waals surface area contributed by atoms with E-state index >= 15 is 0 Å². The van der Waals surface area contributed by atoms with E-state index in [1.165, 1.54) is 12.0 Å². The molecule has 0 unspecified atom stereocenters. The third kappa shape index (κ3) is 4.73. The molecule has 12 heteroatoms. The van der Waals surface area contributed by atoms with Gasteiger partial charge in [-0.2, -0.15) is 13.2 Å². The molecule has 2 N–H and O–H groups in total. The monoisotopic (exact) mass is 431 g/mol. The zero-order valence-electron chi connectivity index (χ0n) is 15.2. The molecule has 0 bridgehead atoms. The molecule has 0 aliphatic carbocycles. The number of hydrogen-bond donors (Lipinski definition) is 2. The Labute approximate surface area is 168 Å². The number of carbonyl (C=O) groups is 1. The summed E-state index contributed by atoms with van der Waals surface area (Å²) in [5.74, 6) is 0.312. The van der Waals surface area contributed by atoms with E-state index in [4.69, 9.17) is 21.4 Å². The molecule has 0 saturated carbocycles. The van der Waals surface area contributed by atoms with Crippen LogP contribution in [0.5, 0.6) is 5.75 Å². The number of halogens is 4. The summed E-state index contributed by atoms with van der Waals surface area (Å²) in [7, 11) is 1.45. The predicted molar refractivity (Wildman–Crippen MR) is 100 cm³/mol. The average molecular weight is 432 g/mol. The molecular weight excluding hydrogens is 415 g/mol. The van der Waals surface area contributed by atoms with Crippen LogP contribution in [0.1, 0.15) is 5.56 Å². The number of nitrogens with one attached hydrogen (secondary N) is 1. The van der Waals surface area contributed by atoms with Crippen molar-refractivity contribution >= 4 is 35.0 Å². The highest BCUT2D eigenvalue weighted by Crippen LogP contribution is 2.35. The first kappa shape index (κ1) is 20.8. The van der Waals surface area contributed by atoms with Gasteiger partial charge in [-0.25, -0.2) is 14.8 Å². The zero-order valence-corrected chi connectivity index (χ0v) is 16.0. The Hall–Kier alpha value is -2.95. The number of anilines is 3. The fourth-order valence-corrected chi connectivity index (χ4v) is 3.10. The summed E-state index contributed by atoms with van der Waals surface area (Å²) in [5, 5.41) is 11.1. The quantitative estimate of drug-likeness (QED) is 0.713. The van der Waals surface area contributed by atoms with Gasteiger partial charge in [0.1, 0.15) is 16.5 Å². The lowest BCUT2D eigenvalue weighted by molar-refractivity contribution is -0.137. The van der Waals surface area contributed by atoms with Gasteiger partial charge in [0.25, 0.3) is 0 Å². The number of nitrogens with zero attached hydrogens (tertiary/aromatic N) is 4. The van der Waals surface area contributed by atoms with Crippen LogP contribution in [0.4, 0.5) is 35.3 Å². The van der Waals surface area contributed by atoms with Crippen molar-refractivity contribution in [2.75, 3.05) is 43.5 Å². The number of benzene rings is 1. The van der Waals surface area contributed by atoms with Crippen LogP contribution in [0.2, 0.25) is 5.15 Å².